The summed E-state index contributed by atoms with van der Waals surface area (Å²) in [5, 5.41) is 0. The molecule has 0 aromatic carbocycles. The summed E-state index contributed by atoms with van der Waals surface area (Å²) in [6, 6.07) is 3.43. The van der Waals surface area contributed by atoms with Crippen LogP contribution in [0.5, 0.6) is 0 Å². The van der Waals surface area contributed by atoms with Crippen molar-refractivity contribution in [3.05, 3.63) is 18.3 Å². The van der Waals surface area contributed by atoms with Gasteiger partial charge in [0.25, 0.3) is 0 Å². The Bertz CT molecular complexity index is 507. The highest BCUT2D eigenvalue weighted by atomic mass is 32.2. The third kappa shape index (κ3) is 2.93. The zero-order chi connectivity index (χ0) is 13.3. The molecule has 18 heavy (non-hydrogen) atoms. The first-order valence-corrected chi connectivity index (χ1v) is 7.74. The monoisotopic (exact) mass is 269 g/mol. The molecule has 1 fully saturated rings. The number of nitrogens with two attached hydrogens (primary N) is 1. The second-order valence-electron chi connectivity index (χ2n) is 5.15. The average Bonchev–Trinajstić information content (AvgIpc) is 3.03. The summed E-state index contributed by atoms with van der Waals surface area (Å²) in [5.74, 6) is 0.729. The van der Waals surface area contributed by atoms with Crippen LogP contribution in [0.1, 0.15) is 26.7 Å². The Morgan fingerprint density at radius 3 is 2.56 bits per heavy atom. The van der Waals surface area contributed by atoms with Gasteiger partial charge in [0.1, 0.15) is 5.82 Å². The Morgan fingerprint density at radius 1 is 1.44 bits per heavy atom. The fourth-order valence-corrected chi connectivity index (χ4v) is 3.96. The summed E-state index contributed by atoms with van der Waals surface area (Å²) in [6.45, 7) is 3.80. The van der Waals surface area contributed by atoms with Crippen LogP contribution in [0, 0.1) is 5.92 Å². The number of aromatic nitrogens is 1. The summed E-state index contributed by atoms with van der Waals surface area (Å²) >= 11 is 0. The fourth-order valence-electron chi connectivity index (χ4n) is 1.90. The standard InChI is InChI=1S/C12H19N3O2S/c1-9(2)8-18(16,17)15(11-4-5-11)12-6-3-10(13)7-14-12/h3,6-7,9,11H,4-5,8,13H2,1-2H3. The van der Waals surface area contributed by atoms with Crippen molar-refractivity contribution >= 4 is 21.5 Å². The van der Waals surface area contributed by atoms with E-state index in [1.807, 2.05) is 13.8 Å². The molecule has 0 radical (unpaired) electrons. The third-order valence-electron chi connectivity index (χ3n) is 2.72. The molecule has 5 nitrogen and oxygen atoms in total. The summed E-state index contributed by atoms with van der Waals surface area (Å²) < 4.78 is 26.2. The Balaban J connectivity index is 2.31. The lowest BCUT2D eigenvalue weighted by atomic mass is 10.3. The van der Waals surface area contributed by atoms with Crippen LogP contribution in [0.3, 0.4) is 0 Å². The number of hydrogen-bond acceptors (Lipinski definition) is 4. The number of nitrogen functional groups attached to an aromatic ring is 1. The Morgan fingerprint density at radius 2 is 2.11 bits per heavy atom. The lowest BCUT2D eigenvalue weighted by Crippen LogP contribution is -2.36. The summed E-state index contributed by atoms with van der Waals surface area (Å²) in [6.07, 6.45) is 3.31. The van der Waals surface area contributed by atoms with Crippen LogP contribution in [0.25, 0.3) is 0 Å². The van der Waals surface area contributed by atoms with E-state index < -0.39 is 10.0 Å². The molecule has 2 rings (SSSR count). The summed E-state index contributed by atoms with van der Waals surface area (Å²) in [5.41, 5.74) is 6.12. The van der Waals surface area contributed by atoms with E-state index in [9.17, 15) is 8.42 Å². The van der Waals surface area contributed by atoms with Crippen molar-refractivity contribution in [2.75, 3.05) is 15.8 Å². The first-order valence-electron chi connectivity index (χ1n) is 6.14. The van der Waals surface area contributed by atoms with Gasteiger partial charge in [-0.1, -0.05) is 13.8 Å². The van der Waals surface area contributed by atoms with Crippen molar-refractivity contribution in [1.29, 1.82) is 0 Å². The quantitative estimate of drug-likeness (QED) is 0.881. The van der Waals surface area contributed by atoms with Gasteiger partial charge < -0.3 is 5.73 Å². The second kappa shape index (κ2) is 4.76. The Labute approximate surface area is 108 Å². The van der Waals surface area contributed by atoms with E-state index in [4.69, 9.17) is 5.73 Å². The predicted molar refractivity (Wildman–Crippen MR) is 72.8 cm³/mol. The fraction of sp³-hybridized carbons (Fsp3) is 0.583. The van der Waals surface area contributed by atoms with Crippen LogP contribution < -0.4 is 10.0 Å². The largest absolute Gasteiger partial charge is 0.397 e. The van der Waals surface area contributed by atoms with Crippen LogP contribution in [-0.2, 0) is 10.0 Å². The van der Waals surface area contributed by atoms with Crippen molar-refractivity contribution in [1.82, 2.24) is 4.98 Å². The maximum absolute atomic E-state index is 12.4. The van der Waals surface area contributed by atoms with Gasteiger partial charge >= 0.3 is 0 Å². The van der Waals surface area contributed by atoms with Gasteiger partial charge in [-0.2, -0.15) is 0 Å². The van der Waals surface area contributed by atoms with Gasteiger partial charge in [0.05, 0.1) is 17.6 Å². The van der Waals surface area contributed by atoms with E-state index in [1.54, 1.807) is 12.1 Å². The van der Waals surface area contributed by atoms with Crippen LogP contribution in [0.4, 0.5) is 11.5 Å². The Kier molecular flexibility index (Phi) is 3.47. The highest BCUT2D eigenvalue weighted by Gasteiger charge is 2.38. The third-order valence-corrected chi connectivity index (χ3v) is 4.89. The lowest BCUT2D eigenvalue weighted by Gasteiger charge is -2.24. The van der Waals surface area contributed by atoms with Crippen molar-refractivity contribution < 1.29 is 8.42 Å². The smallest absolute Gasteiger partial charge is 0.236 e. The van der Waals surface area contributed by atoms with Crippen LogP contribution >= 0.6 is 0 Å². The number of pyridine rings is 1. The number of hydrogen-bond donors (Lipinski definition) is 1. The highest BCUT2D eigenvalue weighted by molar-refractivity contribution is 7.92. The minimum atomic E-state index is -3.29. The molecule has 1 aliphatic carbocycles. The molecule has 6 heteroatoms. The van der Waals surface area contributed by atoms with Gasteiger partial charge in [0, 0.05) is 6.04 Å². The maximum Gasteiger partial charge on any atom is 0.236 e. The molecule has 0 saturated heterocycles. The topological polar surface area (TPSA) is 76.3 Å². The molecule has 0 amide bonds. The van der Waals surface area contributed by atoms with Crippen LogP contribution in [-0.4, -0.2) is 25.2 Å². The van der Waals surface area contributed by atoms with Crippen LogP contribution in [0.15, 0.2) is 18.3 Å². The number of sulfonamides is 1. The van der Waals surface area contributed by atoms with Gasteiger partial charge in [0.2, 0.25) is 10.0 Å². The minimum absolute atomic E-state index is 0.0740. The molecule has 0 unspecified atom stereocenters. The molecular weight excluding hydrogens is 250 g/mol. The van der Waals surface area contributed by atoms with Gasteiger partial charge in [-0.05, 0) is 30.9 Å². The summed E-state index contributed by atoms with van der Waals surface area (Å²) in [4.78, 5) is 4.14. The molecule has 1 saturated carbocycles. The van der Waals surface area contributed by atoms with Crippen molar-refractivity contribution in [2.24, 2.45) is 5.92 Å². The van der Waals surface area contributed by atoms with E-state index in [-0.39, 0.29) is 17.7 Å². The van der Waals surface area contributed by atoms with Crippen molar-refractivity contribution in [3.8, 4) is 0 Å². The lowest BCUT2D eigenvalue weighted by molar-refractivity contribution is 0.576. The van der Waals surface area contributed by atoms with Crippen LogP contribution in [0.2, 0.25) is 0 Å². The van der Waals surface area contributed by atoms with Gasteiger partial charge in [-0.3, -0.25) is 4.31 Å². The number of anilines is 2. The van der Waals surface area contributed by atoms with E-state index >= 15 is 0 Å². The molecule has 2 N–H and O–H groups in total. The van der Waals surface area contributed by atoms with Gasteiger partial charge in [-0.15, -0.1) is 0 Å². The van der Waals surface area contributed by atoms with Crippen molar-refractivity contribution in [3.63, 3.8) is 0 Å². The highest BCUT2D eigenvalue weighted by Crippen LogP contribution is 2.33. The first-order chi connectivity index (χ1) is 8.40. The molecular formula is C12H19N3O2S. The second-order valence-corrected chi connectivity index (χ2v) is 7.04. The van der Waals surface area contributed by atoms with Crippen molar-refractivity contribution in [2.45, 2.75) is 32.7 Å². The minimum Gasteiger partial charge on any atom is -0.397 e. The average molecular weight is 269 g/mol. The van der Waals surface area contributed by atoms with Gasteiger partial charge in [0.15, 0.2) is 0 Å². The SMILES string of the molecule is CC(C)CS(=O)(=O)N(c1ccc(N)cn1)C1CC1. The zero-order valence-electron chi connectivity index (χ0n) is 10.7. The van der Waals surface area contributed by atoms with E-state index in [1.165, 1.54) is 10.5 Å². The normalized spacial score (nSPS) is 15.9. The molecule has 0 aliphatic heterocycles. The molecule has 0 spiro atoms. The maximum atomic E-state index is 12.4. The molecule has 1 aliphatic rings. The van der Waals surface area contributed by atoms with E-state index in [0.29, 0.717) is 11.5 Å². The number of nitrogens with zero attached hydrogens (tertiary/aromatic N) is 2. The van der Waals surface area contributed by atoms with E-state index in [0.717, 1.165) is 12.8 Å². The first kappa shape index (κ1) is 13.1. The molecule has 1 heterocycles. The summed E-state index contributed by atoms with van der Waals surface area (Å²) in [7, 11) is -3.29. The molecule has 1 aromatic heterocycles. The molecule has 100 valence electrons. The van der Waals surface area contributed by atoms with Gasteiger partial charge in [-0.25, -0.2) is 13.4 Å². The van der Waals surface area contributed by atoms with E-state index in [2.05, 4.69) is 4.98 Å². The molecule has 0 bridgehead atoms. The predicted octanol–water partition coefficient (Wildman–Crippen LogP) is 1.62. The number of rotatable bonds is 5. The Hall–Kier alpha value is -1.30. The zero-order valence-corrected chi connectivity index (χ0v) is 11.5. The molecule has 0 atom stereocenters. The molecule has 1 aromatic rings.